The van der Waals surface area contributed by atoms with Crippen LogP contribution in [0.15, 0.2) is 0 Å². The van der Waals surface area contributed by atoms with Crippen LogP contribution in [-0.4, -0.2) is 37.1 Å². The molecule has 0 rings (SSSR count). The predicted molar refractivity (Wildman–Crippen MR) is 64.7 cm³/mol. The van der Waals surface area contributed by atoms with Crippen LogP contribution in [0.3, 0.4) is 0 Å². The molecule has 0 aliphatic carbocycles. The molecule has 0 aromatic carbocycles. The zero-order valence-corrected chi connectivity index (χ0v) is 10.9. The van der Waals surface area contributed by atoms with Gasteiger partial charge >= 0.3 is 0 Å². The zero-order valence-electron chi connectivity index (χ0n) is 10.9. The molecule has 14 heavy (non-hydrogen) atoms. The third kappa shape index (κ3) is 8.52. The van der Waals surface area contributed by atoms with Gasteiger partial charge in [-0.15, -0.1) is 0 Å². The molecule has 0 saturated heterocycles. The molecule has 0 fully saturated rings. The van der Waals surface area contributed by atoms with Crippen LogP contribution in [0, 0.1) is 5.92 Å². The van der Waals surface area contributed by atoms with Crippen LogP contribution >= 0.6 is 0 Å². The maximum absolute atomic E-state index is 3.54. The second kappa shape index (κ2) is 6.41. The third-order valence-corrected chi connectivity index (χ3v) is 2.21. The molecule has 0 aliphatic heterocycles. The minimum Gasteiger partial charge on any atom is -0.312 e. The van der Waals surface area contributed by atoms with Crippen molar-refractivity contribution in [3.63, 3.8) is 0 Å². The minimum absolute atomic E-state index is 0.248. The number of nitrogens with zero attached hydrogens (tertiary/aromatic N) is 1. The molecule has 1 N–H and O–H groups in total. The van der Waals surface area contributed by atoms with Gasteiger partial charge in [0.25, 0.3) is 0 Å². The van der Waals surface area contributed by atoms with Gasteiger partial charge < -0.3 is 10.2 Å². The average Bonchev–Trinajstić information content (AvgIpc) is 2.00. The van der Waals surface area contributed by atoms with Crippen molar-refractivity contribution < 1.29 is 0 Å². The van der Waals surface area contributed by atoms with Crippen LogP contribution in [0.5, 0.6) is 0 Å². The van der Waals surface area contributed by atoms with Crippen LogP contribution in [-0.2, 0) is 0 Å². The largest absolute Gasteiger partial charge is 0.312 e. The molecule has 0 aliphatic rings. The van der Waals surface area contributed by atoms with Crippen LogP contribution in [0.1, 0.15) is 41.0 Å². The summed E-state index contributed by atoms with van der Waals surface area (Å²) in [4.78, 5) is 2.41. The highest BCUT2D eigenvalue weighted by Gasteiger charge is 2.11. The van der Waals surface area contributed by atoms with E-state index in [2.05, 4.69) is 51.9 Å². The quantitative estimate of drug-likeness (QED) is 0.708. The second-order valence-corrected chi connectivity index (χ2v) is 5.50. The van der Waals surface area contributed by atoms with Crippen LogP contribution in [0.2, 0.25) is 0 Å². The molecule has 0 aromatic heterocycles. The van der Waals surface area contributed by atoms with Crippen molar-refractivity contribution in [3.8, 4) is 0 Å². The number of hydrogen-bond donors (Lipinski definition) is 1. The fraction of sp³-hybridized carbons (Fsp3) is 1.00. The van der Waals surface area contributed by atoms with Crippen molar-refractivity contribution in [2.75, 3.05) is 26.7 Å². The summed E-state index contributed by atoms with van der Waals surface area (Å²) in [5.41, 5.74) is 0.248. The lowest BCUT2D eigenvalue weighted by atomic mass is 10.1. The van der Waals surface area contributed by atoms with Gasteiger partial charge in [0.2, 0.25) is 0 Å². The molecule has 1 unspecified atom stereocenters. The summed E-state index contributed by atoms with van der Waals surface area (Å²) in [6, 6.07) is 0. The minimum atomic E-state index is 0.248. The molecule has 0 heterocycles. The molecule has 0 bridgehead atoms. The standard InChI is InChI=1S/C12H28N2/c1-7-8-14(6)10-11(2)9-13-12(3,4)5/h11,13H,7-10H2,1-6H3. The predicted octanol–water partition coefficient (Wildman–Crippen LogP) is 2.35. The summed E-state index contributed by atoms with van der Waals surface area (Å²) < 4.78 is 0. The Morgan fingerprint density at radius 2 is 1.86 bits per heavy atom. The first-order valence-corrected chi connectivity index (χ1v) is 5.78. The van der Waals surface area contributed by atoms with Crippen molar-refractivity contribution in [2.24, 2.45) is 5.92 Å². The molecule has 0 spiro atoms. The molecule has 0 saturated carbocycles. The Bertz CT molecular complexity index is 138. The normalized spacial score (nSPS) is 14.8. The van der Waals surface area contributed by atoms with Gasteiger partial charge in [-0.05, 0) is 53.2 Å². The maximum atomic E-state index is 3.54. The van der Waals surface area contributed by atoms with Crippen molar-refractivity contribution in [2.45, 2.75) is 46.6 Å². The molecule has 0 aromatic rings. The first-order valence-electron chi connectivity index (χ1n) is 5.78. The van der Waals surface area contributed by atoms with E-state index in [1.165, 1.54) is 19.5 Å². The lowest BCUT2D eigenvalue weighted by molar-refractivity contribution is 0.268. The summed E-state index contributed by atoms with van der Waals surface area (Å²) >= 11 is 0. The number of nitrogens with one attached hydrogen (secondary N) is 1. The maximum Gasteiger partial charge on any atom is 0.00966 e. The first kappa shape index (κ1) is 13.9. The first-order chi connectivity index (χ1) is 6.35. The molecule has 86 valence electrons. The van der Waals surface area contributed by atoms with Crippen LogP contribution in [0.25, 0.3) is 0 Å². The van der Waals surface area contributed by atoms with E-state index in [9.17, 15) is 0 Å². The molecule has 1 atom stereocenters. The van der Waals surface area contributed by atoms with Gasteiger partial charge in [-0.1, -0.05) is 13.8 Å². The molecular weight excluding hydrogens is 172 g/mol. The molecule has 0 radical (unpaired) electrons. The lowest BCUT2D eigenvalue weighted by Gasteiger charge is -2.26. The van der Waals surface area contributed by atoms with E-state index in [4.69, 9.17) is 0 Å². The Morgan fingerprint density at radius 1 is 1.29 bits per heavy atom. The van der Waals surface area contributed by atoms with E-state index in [1.807, 2.05) is 0 Å². The average molecular weight is 200 g/mol. The van der Waals surface area contributed by atoms with E-state index >= 15 is 0 Å². The van der Waals surface area contributed by atoms with E-state index in [0.29, 0.717) is 0 Å². The van der Waals surface area contributed by atoms with Gasteiger partial charge in [0.1, 0.15) is 0 Å². The molecule has 2 nitrogen and oxygen atoms in total. The molecule has 0 amide bonds. The fourth-order valence-corrected chi connectivity index (χ4v) is 1.55. The monoisotopic (exact) mass is 200 g/mol. The third-order valence-electron chi connectivity index (χ3n) is 2.21. The number of hydrogen-bond acceptors (Lipinski definition) is 2. The van der Waals surface area contributed by atoms with E-state index in [1.54, 1.807) is 0 Å². The van der Waals surface area contributed by atoms with Gasteiger partial charge in [0.15, 0.2) is 0 Å². The highest BCUT2D eigenvalue weighted by molar-refractivity contribution is 4.72. The van der Waals surface area contributed by atoms with Gasteiger partial charge in [-0.25, -0.2) is 0 Å². The Morgan fingerprint density at radius 3 is 2.29 bits per heavy atom. The van der Waals surface area contributed by atoms with Gasteiger partial charge in [-0.2, -0.15) is 0 Å². The van der Waals surface area contributed by atoms with Crippen LogP contribution < -0.4 is 5.32 Å². The Kier molecular flexibility index (Phi) is 6.38. The Balaban J connectivity index is 3.59. The highest BCUT2D eigenvalue weighted by atomic mass is 15.1. The lowest BCUT2D eigenvalue weighted by Crippen LogP contribution is -2.41. The fourth-order valence-electron chi connectivity index (χ4n) is 1.55. The second-order valence-electron chi connectivity index (χ2n) is 5.50. The topological polar surface area (TPSA) is 15.3 Å². The molecular formula is C12H28N2. The molecule has 2 heteroatoms. The summed E-state index contributed by atoms with van der Waals surface area (Å²) in [7, 11) is 2.21. The van der Waals surface area contributed by atoms with Gasteiger partial charge in [-0.3, -0.25) is 0 Å². The van der Waals surface area contributed by atoms with Crippen molar-refractivity contribution in [1.82, 2.24) is 10.2 Å². The van der Waals surface area contributed by atoms with Gasteiger partial charge in [0.05, 0.1) is 0 Å². The SMILES string of the molecule is CCCN(C)CC(C)CNC(C)(C)C. The van der Waals surface area contributed by atoms with Crippen LogP contribution in [0.4, 0.5) is 0 Å². The number of rotatable bonds is 6. The smallest absolute Gasteiger partial charge is 0.00966 e. The Labute approximate surface area is 90.1 Å². The summed E-state index contributed by atoms with van der Waals surface area (Å²) in [5.74, 6) is 0.728. The zero-order chi connectivity index (χ0) is 11.2. The summed E-state index contributed by atoms with van der Waals surface area (Å²) in [5, 5.41) is 3.54. The van der Waals surface area contributed by atoms with E-state index < -0.39 is 0 Å². The van der Waals surface area contributed by atoms with E-state index in [0.717, 1.165) is 12.5 Å². The van der Waals surface area contributed by atoms with E-state index in [-0.39, 0.29) is 5.54 Å². The Hall–Kier alpha value is -0.0800. The summed E-state index contributed by atoms with van der Waals surface area (Å²) in [6.07, 6.45) is 1.25. The van der Waals surface area contributed by atoms with Crippen molar-refractivity contribution in [3.05, 3.63) is 0 Å². The van der Waals surface area contributed by atoms with Crippen molar-refractivity contribution >= 4 is 0 Å². The van der Waals surface area contributed by atoms with Crippen molar-refractivity contribution in [1.29, 1.82) is 0 Å². The highest BCUT2D eigenvalue weighted by Crippen LogP contribution is 2.02. The summed E-state index contributed by atoms with van der Waals surface area (Å²) in [6.45, 7) is 14.7. The van der Waals surface area contributed by atoms with Gasteiger partial charge in [0, 0.05) is 12.1 Å².